The topological polar surface area (TPSA) is 88.5 Å². The standard InChI is InChI=1S/C24H17ClN2O4S3/c1-13(14-5-3-2-4-6-14)31-23(30)26-20-16(34-27-21(20)25)8-7-15-11-17-18(32-15)12-19(33-17)24(9-10-24)22(28)29/h2-6,11-13H,9-10H2,1H3,(H,26,30)(H,28,29). The zero-order valence-corrected chi connectivity index (χ0v) is 21.0. The smallest absolute Gasteiger partial charge is 0.412 e. The van der Waals surface area contributed by atoms with Crippen LogP contribution in [0.3, 0.4) is 0 Å². The minimum atomic E-state index is -0.750. The summed E-state index contributed by atoms with van der Waals surface area (Å²) in [6, 6.07) is 13.4. The zero-order valence-electron chi connectivity index (χ0n) is 17.8. The third-order valence-electron chi connectivity index (χ3n) is 5.57. The number of benzene rings is 1. The van der Waals surface area contributed by atoms with Crippen LogP contribution in [0.5, 0.6) is 0 Å². The first-order valence-corrected chi connectivity index (χ1v) is 13.1. The molecule has 3 heterocycles. The van der Waals surface area contributed by atoms with E-state index in [1.54, 1.807) is 6.92 Å². The fraction of sp³-hybridized carbons (Fsp3) is 0.208. The number of halogens is 1. The number of carboxylic acids is 1. The second-order valence-electron chi connectivity index (χ2n) is 7.85. The molecule has 5 rings (SSSR count). The van der Waals surface area contributed by atoms with Gasteiger partial charge in [0.25, 0.3) is 0 Å². The highest BCUT2D eigenvalue weighted by Crippen LogP contribution is 2.52. The summed E-state index contributed by atoms with van der Waals surface area (Å²) in [6.07, 6.45) is 0.313. The van der Waals surface area contributed by atoms with E-state index in [0.717, 1.165) is 36.3 Å². The molecule has 1 unspecified atom stereocenters. The number of hydrogen-bond donors (Lipinski definition) is 2. The van der Waals surface area contributed by atoms with Gasteiger partial charge in [0.2, 0.25) is 0 Å². The lowest BCUT2D eigenvalue weighted by atomic mass is 10.1. The lowest BCUT2D eigenvalue weighted by molar-refractivity contribution is -0.139. The fourth-order valence-electron chi connectivity index (χ4n) is 3.49. The van der Waals surface area contributed by atoms with E-state index in [1.807, 2.05) is 42.5 Å². The lowest BCUT2D eigenvalue weighted by Gasteiger charge is -2.13. The number of thiophene rings is 2. The fourth-order valence-corrected chi connectivity index (χ4v) is 6.88. The van der Waals surface area contributed by atoms with Crippen LogP contribution in [0.1, 0.15) is 46.1 Å². The van der Waals surface area contributed by atoms with Crippen LogP contribution in [0.2, 0.25) is 5.15 Å². The van der Waals surface area contributed by atoms with Crippen molar-refractivity contribution in [2.45, 2.75) is 31.3 Å². The van der Waals surface area contributed by atoms with Crippen molar-refractivity contribution in [1.82, 2.24) is 4.37 Å². The maximum Gasteiger partial charge on any atom is 0.412 e. The Labute approximate surface area is 212 Å². The molecule has 1 aromatic carbocycles. The number of nitrogens with zero attached hydrogens (tertiary/aromatic N) is 1. The SMILES string of the molecule is CC(OC(=O)Nc1c(Cl)nsc1C#Cc1cc2sc(C3(C(=O)O)CC3)cc2s1)c1ccccc1. The van der Waals surface area contributed by atoms with Gasteiger partial charge in [0.15, 0.2) is 5.15 Å². The molecule has 2 N–H and O–H groups in total. The van der Waals surface area contributed by atoms with E-state index >= 15 is 0 Å². The van der Waals surface area contributed by atoms with Gasteiger partial charge in [-0.2, -0.15) is 4.37 Å². The Morgan fingerprint density at radius 3 is 2.59 bits per heavy atom. The molecule has 1 amide bonds. The normalized spacial score (nSPS) is 14.8. The summed E-state index contributed by atoms with van der Waals surface area (Å²) in [5.41, 5.74) is 0.508. The molecule has 3 aromatic heterocycles. The maximum atomic E-state index is 12.4. The largest absolute Gasteiger partial charge is 0.481 e. The van der Waals surface area contributed by atoms with E-state index in [0.29, 0.717) is 23.4 Å². The van der Waals surface area contributed by atoms with Gasteiger partial charge in [-0.15, -0.1) is 22.7 Å². The van der Waals surface area contributed by atoms with Gasteiger partial charge in [-0.1, -0.05) is 41.9 Å². The number of carbonyl (C=O) groups excluding carboxylic acids is 1. The monoisotopic (exact) mass is 528 g/mol. The predicted octanol–water partition coefficient (Wildman–Crippen LogP) is 6.90. The third kappa shape index (κ3) is 4.42. The Bertz CT molecular complexity index is 1430. The second kappa shape index (κ2) is 9.04. The molecule has 4 aromatic rings. The molecule has 1 aliphatic rings. The van der Waals surface area contributed by atoms with Crippen LogP contribution < -0.4 is 5.32 Å². The zero-order chi connectivity index (χ0) is 23.9. The van der Waals surface area contributed by atoms with Crippen molar-refractivity contribution >= 4 is 73.0 Å². The number of ether oxygens (including phenoxy) is 1. The van der Waals surface area contributed by atoms with Gasteiger partial charge in [0, 0.05) is 14.3 Å². The third-order valence-corrected chi connectivity index (χ3v) is 9.12. The molecule has 1 aliphatic carbocycles. The molecule has 0 bridgehead atoms. The summed E-state index contributed by atoms with van der Waals surface area (Å²) in [5, 5.41) is 12.3. The second-order valence-corrected chi connectivity index (χ2v) is 11.1. The molecule has 0 saturated heterocycles. The highest BCUT2D eigenvalue weighted by atomic mass is 35.5. The van der Waals surface area contributed by atoms with Crippen LogP contribution in [-0.4, -0.2) is 21.5 Å². The Balaban J connectivity index is 1.30. The number of aliphatic carboxylic acids is 1. The molecule has 1 fully saturated rings. The number of carbonyl (C=O) groups is 2. The summed E-state index contributed by atoms with van der Waals surface area (Å²) in [5.74, 6) is 5.39. The quantitative estimate of drug-likeness (QED) is 0.275. The van der Waals surface area contributed by atoms with Crippen molar-refractivity contribution < 1.29 is 19.4 Å². The molecule has 1 atom stereocenters. The van der Waals surface area contributed by atoms with Crippen LogP contribution in [0.4, 0.5) is 10.5 Å². The number of aromatic nitrogens is 1. The van der Waals surface area contributed by atoms with E-state index in [4.69, 9.17) is 16.3 Å². The van der Waals surface area contributed by atoms with Gasteiger partial charge in [0.1, 0.15) is 22.1 Å². The van der Waals surface area contributed by atoms with Gasteiger partial charge in [0.05, 0.1) is 4.88 Å². The Hall–Kier alpha value is -2.90. The summed E-state index contributed by atoms with van der Waals surface area (Å²) < 4.78 is 11.6. The molecule has 34 heavy (non-hydrogen) atoms. The minimum Gasteiger partial charge on any atom is -0.481 e. The molecular weight excluding hydrogens is 512 g/mol. The molecule has 0 radical (unpaired) electrons. The van der Waals surface area contributed by atoms with Crippen molar-refractivity contribution in [3.05, 3.63) is 67.8 Å². The molecular formula is C24H17ClN2O4S3. The number of rotatable bonds is 5. The summed E-state index contributed by atoms with van der Waals surface area (Å²) in [6.45, 7) is 1.79. The number of nitrogens with one attached hydrogen (secondary N) is 1. The summed E-state index contributed by atoms with van der Waals surface area (Å²) in [4.78, 5) is 26.3. The summed E-state index contributed by atoms with van der Waals surface area (Å²) >= 11 is 10.3. The van der Waals surface area contributed by atoms with Crippen molar-refractivity contribution in [2.75, 3.05) is 5.32 Å². The van der Waals surface area contributed by atoms with Gasteiger partial charge < -0.3 is 9.84 Å². The maximum absolute atomic E-state index is 12.4. The molecule has 0 spiro atoms. The number of hydrogen-bond acceptors (Lipinski definition) is 7. The summed E-state index contributed by atoms with van der Waals surface area (Å²) in [7, 11) is 0. The highest BCUT2D eigenvalue weighted by molar-refractivity contribution is 7.28. The first-order chi connectivity index (χ1) is 16.4. The Morgan fingerprint density at radius 1 is 1.18 bits per heavy atom. The minimum absolute atomic E-state index is 0.152. The number of fused-ring (bicyclic) bond motifs is 1. The van der Waals surface area contributed by atoms with Gasteiger partial charge in [-0.05, 0) is 60.8 Å². The highest BCUT2D eigenvalue weighted by Gasteiger charge is 2.53. The first kappa shape index (κ1) is 22.9. The lowest BCUT2D eigenvalue weighted by Crippen LogP contribution is -2.17. The van der Waals surface area contributed by atoms with Crippen molar-refractivity contribution in [3.63, 3.8) is 0 Å². The average molecular weight is 529 g/mol. The van der Waals surface area contributed by atoms with Crippen LogP contribution >= 0.6 is 45.8 Å². The van der Waals surface area contributed by atoms with Crippen LogP contribution in [0, 0.1) is 11.8 Å². The van der Waals surface area contributed by atoms with E-state index in [-0.39, 0.29) is 5.15 Å². The molecule has 1 saturated carbocycles. The number of anilines is 1. The first-order valence-electron chi connectivity index (χ1n) is 10.3. The number of amides is 1. The average Bonchev–Trinajstić information content (AvgIpc) is 3.26. The van der Waals surface area contributed by atoms with Crippen LogP contribution in [0.15, 0.2) is 42.5 Å². The van der Waals surface area contributed by atoms with Crippen molar-refractivity contribution in [3.8, 4) is 11.8 Å². The van der Waals surface area contributed by atoms with Gasteiger partial charge >= 0.3 is 12.1 Å². The van der Waals surface area contributed by atoms with E-state index in [9.17, 15) is 14.7 Å². The number of carboxylic acid groups (broad SMARTS) is 1. The van der Waals surface area contributed by atoms with E-state index in [2.05, 4.69) is 21.5 Å². The van der Waals surface area contributed by atoms with Crippen molar-refractivity contribution in [2.24, 2.45) is 0 Å². The van der Waals surface area contributed by atoms with Crippen LogP contribution in [-0.2, 0) is 14.9 Å². The molecule has 10 heteroatoms. The van der Waals surface area contributed by atoms with Crippen molar-refractivity contribution in [1.29, 1.82) is 0 Å². The van der Waals surface area contributed by atoms with Gasteiger partial charge in [-0.25, -0.2) is 4.79 Å². The molecule has 0 aliphatic heterocycles. The van der Waals surface area contributed by atoms with Crippen LogP contribution in [0.25, 0.3) is 9.40 Å². The van der Waals surface area contributed by atoms with E-state index < -0.39 is 23.6 Å². The Morgan fingerprint density at radius 2 is 1.91 bits per heavy atom. The van der Waals surface area contributed by atoms with E-state index in [1.165, 1.54) is 22.7 Å². The molecule has 172 valence electrons. The van der Waals surface area contributed by atoms with Gasteiger partial charge in [-0.3, -0.25) is 10.1 Å². The predicted molar refractivity (Wildman–Crippen MR) is 136 cm³/mol. The molecule has 6 nitrogen and oxygen atoms in total. The Kier molecular flexibility index (Phi) is 6.08.